The molecule has 0 bridgehead atoms. The van der Waals surface area contributed by atoms with Crippen molar-refractivity contribution in [1.29, 1.82) is 0 Å². The van der Waals surface area contributed by atoms with Gasteiger partial charge in [0.15, 0.2) is 6.20 Å². The number of para-hydroxylation sites is 1. The standard InChI is InChI=1S/C22H22FN3O5/c1-30-20-6-5-13(11-26(20)29)9-14-10-18(24-21-15(14)3-2-4-16(21)23)22(28)25-17-7-8-31-12-19(17)27/h2-6,10-11,17,19,27H,7-9,12H2,1H3,(H,25,28)/t17-,19-/m0/s1. The Hall–Kier alpha value is -3.30. The molecule has 3 aromatic rings. The van der Waals surface area contributed by atoms with Gasteiger partial charge < -0.3 is 25.1 Å². The van der Waals surface area contributed by atoms with Gasteiger partial charge in [0.25, 0.3) is 5.91 Å². The molecule has 1 aliphatic rings. The largest absolute Gasteiger partial charge is 0.616 e. The third kappa shape index (κ3) is 4.42. The summed E-state index contributed by atoms with van der Waals surface area (Å²) < 4.78 is 25.3. The fourth-order valence-corrected chi connectivity index (χ4v) is 3.67. The number of methoxy groups -OCH3 is 1. The molecule has 2 N–H and O–H groups in total. The number of hydrogen-bond acceptors (Lipinski definition) is 6. The molecule has 0 spiro atoms. The van der Waals surface area contributed by atoms with Gasteiger partial charge in [0, 0.05) is 24.0 Å². The van der Waals surface area contributed by atoms with Gasteiger partial charge in [-0.2, -0.15) is 0 Å². The molecule has 1 aliphatic heterocycles. The summed E-state index contributed by atoms with van der Waals surface area (Å²) in [6.07, 6.45) is 1.32. The second-order valence-electron chi connectivity index (χ2n) is 7.40. The summed E-state index contributed by atoms with van der Waals surface area (Å²) >= 11 is 0. The van der Waals surface area contributed by atoms with Crippen molar-refractivity contribution < 1.29 is 28.5 Å². The molecule has 1 saturated heterocycles. The Labute approximate surface area is 177 Å². The number of aliphatic hydroxyl groups is 1. The number of nitrogens with zero attached hydrogens (tertiary/aromatic N) is 2. The first-order valence-electron chi connectivity index (χ1n) is 9.87. The average Bonchev–Trinajstić information content (AvgIpc) is 2.76. The SMILES string of the molecule is COc1ccc(Cc2cc(C(=O)N[C@H]3CCOC[C@@H]3O)nc3c(F)cccc23)c[n+]1[O-]. The van der Waals surface area contributed by atoms with Crippen LogP contribution in [0.5, 0.6) is 5.88 Å². The molecule has 2 aromatic heterocycles. The lowest BCUT2D eigenvalue weighted by molar-refractivity contribution is -0.612. The van der Waals surface area contributed by atoms with Crippen molar-refractivity contribution in [1.82, 2.24) is 10.3 Å². The van der Waals surface area contributed by atoms with E-state index in [1.807, 2.05) is 0 Å². The molecule has 31 heavy (non-hydrogen) atoms. The number of pyridine rings is 2. The maximum atomic E-state index is 14.5. The Morgan fingerprint density at radius 3 is 3.00 bits per heavy atom. The van der Waals surface area contributed by atoms with Crippen LogP contribution in [0.2, 0.25) is 0 Å². The first-order chi connectivity index (χ1) is 15.0. The van der Waals surface area contributed by atoms with Crippen LogP contribution < -0.4 is 14.8 Å². The third-order valence-corrected chi connectivity index (χ3v) is 5.30. The van der Waals surface area contributed by atoms with Crippen molar-refractivity contribution in [3.63, 3.8) is 0 Å². The molecule has 0 saturated carbocycles. The van der Waals surface area contributed by atoms with Crippen LogP contribution in [-0.2, 0) is 11.2 Å². The predicted molar refractivity (Wildman–Crippen MR) is 109 cm³/mol. The van der Waals surface area contributed by atoms with E-state index >= 15 is 0 Å². The molecule has 1 fully saturated rings. The van der Waals surface area contributed by atoms with Crippen LogP contribution >= 0.6 is 0 Å². The second-order valence-corrected chi connectivity index (χ2v) is 7.40. The maximum Gasteiger partial charge on any atom is 0.379 e. The van der Waals surface area contributed by atoms with E-state index in [2.05, 4.69) is 10.3 Å². The van der Waals surface area contributed by atoms with Crippen molar-refractivity contribution in [2.24, 2.45) is 0 Å². The number of benzene rings is 1. The molecule has 9 heteroatoms. The normalized spacial score (nSPS) is 18.7. The lowest BCUT2D eigenvalue weighted by Gasteiger charge is -2.28. The van der Waals surface area contributed by atoms with E-state index in [1.54, 1.807) is 30.3 Å². The van der Waals surface area contributed by atoms with Crippen LogP contribution in [0, 0.1) is 11.0 Å². The van der Waals surface area contributed by atoms with Gasteiger partial charge in [0.1, 0.15) is 17.0 Å². The molecule has 0 radical (unpaired) electrons. The molecular weight excluding hydrogens is 405 g/mol. The van der Waals surface area contributed by atoms with Gasteiger partial charge in [-0.25, -0.2) is 9.37 Å². The summed E-state index contributed by atoms with van der Waals surface area (Å²) in [5.74, 6) is -0.899. The Kier molecular flexibility index (Phi) is 5.97. The second kappa shape index (κ2) is 8.83. The van der Waals surface area contributed by atoms with Crippen LogP contribution in [0.15, 0.2) is 42.6 Å². The summed E-state index contributed by atoms with van der Waals surface area (Å²) in [4.78, 5) is 17.1. The van der Waals surface area contributed by atoms with E-state index in [0.29, 0.717) is 34.3 Å². The number of aliphatic hydroxyl groups excluding tert-OH is 1. The van der Waals surface area contributed by atoms with Gasteiger partial charge in [-0.3, -0.25) is 4.79 Å². The minimum atomic E-state index is -0.818. The molecule has 1 amide bonds. The number of ether oxygens (including phenoxy) is 2. The van der Waals surface area contributed by atoms with E-state index in [4.69, 9.17) is 9.47 Å². The molecule has 3 heterocycles. The number of carbonyl (C=O) groups excluding carboxylic acids is 1. The molecule has 0 aliphatic carbocycles. The zero-order valence-corrected chi connectivity index (χ0v) is 16.9. The Bertz CT molecular complexity index is 1120. The molecule has 1 aromatic carbocycles. The third-order valence-electron chi connectivity index (χ3n) is 5.30. The van der Waals surface area contributed by atoms with Gasteiger partial charge in [-0.1, -0.05) is 12.1 Å². The van der Waals surface area contributed by atoms with Crippen molar-refractivity contribution in [2.45, 2.75) is 25.0 Å². The Morgan fingerprint density at radius 2 is 2.26 bits per heavy atom. The Morgan fingerprint density at radius 1 is 1.42 bits per heavy atom. The first kappa shape index (κ1) is 21.0. The Balaban J connectivity index is 1.70. The van der Waals surface area contributed by atoms with E-state index in [0.717, 1.165) is 0 Å². The average molecular weight is 427 g/mol. The highest BCUT2D eigenvalue weighted by molar-refractivity contribution is 5.96. The number of nitrogens with one attached hydrogen (secondary N) is 1. The van der Waals surface area contributed by atoms with Crippen LogP contribution in [0.1, 0.15) is 28.0 Å². The quantitative estimate of drug-likeness (QED) is 0.472. The zero-order chi connectivity index (χ0) is 22.0. The summed E-state index contributed by atoms with van der Waals surface area (Å²) in [6.45, 7) is 0.572. The fourth-order valence-electron chi connectivity index (χ4n) is 3.67. The predicted octanol–water partition coefficient (Wildman–Crippen LogP) is 1.49. The van der Waals surface area contributed by atoms with Gasteiger partial charge >= 0.3 is 5.88 Å². The summed E-state index contributed by atoms with van der Waals surface area (Å²) in [7, 11) is 1.41. The highest BCUT2D eigenvalue weighted by atomic mass is 19.1. The van der Waals surface area contributed by atoms with Crippen LogP contribution in [0.25, 0.3) is 10.9 Å². The van der Waals surface area contributed by atoms with Gasteiger partial charge in [0.05, 0.1) is 31.9 Å². The van der Waals surface area contributed by atoms with Crippen LogP contribution in [-0.4, -0.2) is 48.5 Å². The fraction of sp³-hybridized carbons (Fsp3) is 0.318. The van der Waals surface area contributed by atoms with E-state index in [-0.39, 0.29) is 30.1 Å². The number of aromatic nitrogens is 2. The molecule has 2 atom stereocenters. The lowest BCUT2D eigenvalue weighted by Crippen LogP contribution is -2.48. The number of halogens is 1. The minimum absolute atomic E-state index is 0.0369. The van der Waals surface area contributed by atoms with Crippen molar-refractivity contribution >= 4 is 16.8 Å². The summed E-state index contributed by atoms with van der Waals surface area (Å²) in [5.41, 5.74) is 1.42. The van der Waals surface area contributed by atoms with Crippen molar-refractivity contribution in [3.8, 4) is 5.88 Å². The smallest absolute Gasteiger partial charge is 0.379 e. The van der Waals surface area contributed by atoms with E-state index < -0.39 is 23.9 Å². The topological polar surface area (TPSA) is 108 Å². The molecular formula is C22H22FN3O5. The highest BCUT2D eigenvalue weighted by Gasteiger charge is 2.26. The van der Waals surface area contributed by atoms with Crippen molar-refractivity contribution in [2.75, 3.05) is 20.3 Å². The van der Waals surface area contributed by atoms with Crippen LogP contribution in [0.4, 0.5) is 4.39 Å². The van der Waals surface area contributed by atoms with Crippen molar-refractivity contribution in [3.05, 3.63) is 70.4 Å². The van der Waals surface area contributed by atoms with Crippen LogP contribution in [0.3, 0.4) is 0 Å². The molecule has 0 unspecified atom stereocenters. The van der Waals surface area contributed by atoms with Gasteiger partial charge in [0.2, 0.25) is 0 Å². The van der Waals surface area contributed by atoms with Gasteiger partial charge in [-0.05, 0) is 30.2 Å². The number of amides is 1. The summed E-state index contributed by atoms with van der Waals surface area (Å²) in [6, 6.07) is 8.97. The monoisotopic (exact) mass is 427 g/mol. The number of hydrogen-bond donors (Lipinski definition) is 2. The number of rotatable bonds is 5. The molecule has 4 rings (SSSR count). The molecule has 162 valence electrons. The van der Waals surface area contributed by atoms with E-state index in [9.17, 15) is 19.5 Å². The lowest BCUT2D eigenvalue weighted by atomic mass is 10.00. The number of carbonyl (C=O) groups is 1. The minimum Gasteiger partial charge on any atom is -0.616 e. The summed E-state index contributed by atoms with van der Waals surface area (Å²) in [5, 5.41) is 25.4. The van der Waals surface area contributed by atoms with Gasteiger partial charge in [-0.15, -0.1) is 4.73 Å². The first-order valence-corrected chi connectivity index (χ1v) is 9.87. The maximum absolute atomic E-state index is 14.5. The number of fused-ring (bicyclic) bond motifs is 1. The zero-order valence-electron chi connectivity index (χ0n) is 16.9. The highest BCUT2D eigenvalue weighted by Crippen LogP contribution is 2.24. The molecule has 8 nitrogen and oxygen atoms in total. The van der Waals surface area contributed by atoms with E-state index in [1.165, 1.54) is 19.4 Å².